The van der Waals surface area contributed by atoms with Gasteiger partial charge < -0.3 is 9.47 Å². The summed E-state index contributed by atoms with van der Waals surface area (Å²) in [6, 6.07) is 6.11. The lowest BCUT2D eigenvalue weighted by atomic mass is 9.90. The van der Waals surface area contributed by atoms with Crippen LogP contribution in [0, 0.1) is 5.92 Å². The molecule has 0 N–H and O–H groups in total. The van der Waals surface area contributed by atoms with Crippen LogP contribution >= 0.6 is 0 Å². The van der Waals surface area contributed by atoms with Crippen LogP contribution in [-0.2, 0) is 16.0 Å². The zero-order valence-electron chi connectivity index (χ0n) is 14.8. The van der Waals surface area contributed by atoms with Crippen molar-refractivity contribution in [3.8, 4) is 11.5 Å². The van der Waals surface area contributed by atoms with E-state index < -0.39 is 0 Å². The lowest BCUT2D eigenvalue weighted by molar-refractivity contribution is -0.132. The predicted octanol–water partition coefficient (Wildman–Crippen LogP) is 4.48. The summed E-state index contributed by atoms with van der Waals surface area (Å²) in [6.45, 7) is 3.99. The van der Waals surface area contributed by atoms with Crippen molar-refractivity contribution in [3.63, 3.8) is 0 Å². The smallest absolute Gasteiger partial charge is 0.231 e. The Hall–Kier alpha value is -1.84. The molecule has 1 heterocycles. The monoisotopic (exact) mass is 332 g/mol. The van der Waals surface area contributed by atoms with Gasteiger partial charge in [0.15, 0.2) is 11.5 Å². The maximum absolute atomic E-state index is 11.9. The van der Waals surface area contributed by atoms with Crippen LogP contribution in [-0.4, -0.2) is 18.4 Å². The fraction of sp³-hybridized carbons (Fsp3) is 0.600. The third-order valence-electron chi connectivity index (χ3n) is 4.62. The number of hydrogen-bond donors (Lipinski definition) is 0. The van der Waals surface area contributed by atoms with Gasteiger partial charge in [-0.1, -0.05) is 39.2 Å². The lowest BCUT2D eigenvalue weighted by Crippen LogP contribution is -2.22. The Labute approximate surface area is 144 Å². The molecule has 4 nitrogen and oxygen atoms in total. The number of carbonyl (C=O) groups is 2. The second-order valence-corrected chi connectivity index (χ2v) is 6.33. The van der Waals surface area contributed by atoms with E-state index >= 15 is 0 Å². The van der Waals surface area contributed by atoms with Gasteiger partial charge in [0, 0.05) is 12.8 Å². The molecule has 0 saturated heterocycles. The molecule has 4 heteroatoms. The largest absolute Gasteiger partial charge is 0.454 e. The van der Waals surface area contributed by atoms with E-state index in [1.165, 1.54) is 5.56 Å². The van der Waals surface area contributed by atoms with Crippen LogP contribution < -0.4 is 9.47 Å². The van der Waals surface area contributed by atoms with Crippen molar-refractivity contribution < 1.29 is 19.1 Å². The minimum Gasteiger partial charge on any atom is -0.454 e. The van der Waals surface area contributed by atoms with Crippen molar-refractivity contribution in [2.24, 2.45) is 5.92 Å². The quantitative estimate of drug-likeness (QED) is 0.443. The summed E-state index contributed by atoms with van der Waals surface area (Å²) in [5.74, 6) is 1.50. The number of ketones is 2. The van der Waals surface area contributed by atoms with Crippen molar-refractivity contribution in [1.29, 1.82) is 0 Å². The van der Waals surface area contributed by atoms with Crippen molar-refractivity contribution in [2.45, 2.75) is 65.2 Å². The Bertz CT molecular complexity index is 549. The zero-order chi connectivity index (χ0) is 17.4. The maximum Gasteiger partial charge on any atom is 0.231 e. The molecule has 0 atom stereocenters. The third kappa shape index (κ3) is 5.08. The molecule has 0 unspecified atom stereocenters. The molecular weight excluding hydrogens is 304 g/mol. The molecule has 0 aromatic heterocycles. The number of aryl methyl sites for hydroxylation is 1. The SMILES string of the molecule is CCC(=O)C(CCCCCCc1ccc2c(c1)OCO2)C(=O)CC. The Morgan fingerprint density at radius 2 is 1.62 bits per heavy atom. The average molecular weight is 332 g/mol. The molecule has 1 aromatic carbocycles. The van der Waals surface area contributed by atoms with E-state index in [1.54, 1.807) is 0 Å². The number of benzene rings is 1. The first kappa shape index (κ1) is 18.5. The number of hydrogen-bond acceptors (Lipinski definition) is 4. The number of unbranched alkanes of at least 4 members (excludes halogenated alkanes) is 3. The number of carbonyl (C=O) groups excluding carboxylic acids is 2. The highest BCUT2D eigenvalue weighted by molar-refractivity contribution is 6.02. The Morgan fingerprint density at radius 1 is 0.958 bits per heavy atom. The first-order valence-electron chi connectivity index (χ1n) is 9.09. The summed E-state index contributed by atoms with van der Waals surface area (Å²) in [5, 5.41) is 0. The van der Waals surface area contributed by atoms with E-state index in [-0.39, 0.29) is 17.5 Å². The highest BCUT2D eigenvalue weighted by atomic mass is 16.7. The average Bonchev–Trinajstić information content (AvgIpc) is 3.07. The van der Waals surface area contributed by atoms with Gasteiger partial charge in [0.05, 0.1) is 5.92 Å². The van der Waals surface area contributed by atoms with Gasteiger partial charge in [0.1, 0.15) is 11.6 Å². The molecule has 0 spiro atoms. The minimum atomic E-state index is -0.367. The highest BCUT2D eigenvalue weighted by Gasteiger charge is 2.22. The van der Waals surface area contributed by atoms with E-state index in [9.17, 15) is 9.59 Å². The number of ether oxygens (including phenoxy) is 2. The van der Waals surface area contributed by atoms with Crippen LogP contribution in [0.4, 0.5) is 0 Å². The van der Waals surface area contributed by atoms with Crippen LogP contribution in [0.1, 0.15) is 64.4 Å². The van der Waals surface area contributed by atoms with Gasteiger partial charge in [0.25, 0.3) is 0 Å². The van der Waals surface area contributed by atoms with Gasteiger partial charge in [-0.05, 0) is 37.0 Å². The second-order valence-electron chi connectivity index (χ2n) is 6.33. The number of Topliss-reactive ketones (excluding diaryl/α,β-unsaturated/α-hetero) is 2. The van der Waals surface area contributed by atoms with Crippen LogP contribution in [0.5, 0.6) is 11.5 Å². The predicted molar refractivity (Wildman–Crippen MR) is 93.4 cm³/mol. The van der Waals surface area contributed by atoms with E-state index in [2.05, 4.69) is 12.1 Å². The molecule has 0 fully saturated rings. The molecular formula is C20H28O4. The van der Waals surface area contributed by atoms with E-state index in [0.29, 0.717) is 26.1 Å². The Balaban J connectivity index is 1.65. The first-order valence-corrected chi connectivity index (χ1v) is 9.09. The maximum atomic E-state index is 11.9. The summed E-state index contributed by atoms with van der Waals surface area (Å²) in [5.41, 5.74) is 1.26. The summed E-state index contributed by atoms with van der Waals surface area (Å²) >= 11 is 0. The van der Waals surface area contributed by atoms with Gasteiger partial charge in [0.2, 0.25) is 6.79 Å². The van der Waals surface area contributed by atoms with Gasteiger partial charge in [-0.25, -0.2) is 0 Å². The summed E-state index contributed by atoms with van der Waals surface area (Å²) in [6.07, 6.45) is 6.88. The van der Waals surface area contributed by atoms with Crippen molar-refractivity contribution >= 4 is 11.6 Å². The summed E-state index contributed by atoms with van der Waals surface area (Å²) in [7, 11) is 0. The van der Waals surface area contributed by atoms with Crippen LogP contribution in [0.2, 0.25) is 0 Å². The van der Waals surface area contributed by atoms with Crippen molar-refractivity contribution in [2.75, 3.05) is 6.79 Å². The number of fused-ring (bicyclic) bond motifs is 1. The normalized spacial score (nSPS) is 12.6. The van der Waals surface area contributed by atoms with Crippen molar-refractivity contribution in [3.05, 3.63) is 23.8 Å². The Kier molecular flexibility index (Phi) is 7.29. The molecule has 1 aromatic rings. The van der Waals surface area contributed by atoms with Gasteiger partial charge in [-0.2, -0.15) is 0 Å². The molecule has 1 aliphatic rings. The standard InChI is InChI=1S/C20H28O4/c1-3-17(21)16(18(22)4-2)10-8-6-5-7-9-15-11-12-19-20(13-15)24-14-23-19/h11-13,16H,3-10,14H2,1-2H3. The summed E-state index contributed by atoms with van der Waals surface area (Å²) < 4.78 is 10.7. The van der Waals surface area contributed by atoms with Crippen LogP contribution in [0.3, 0.4) is 0 Å². The van der Waals surface area contributed by atoms with Crippen LogP contribution in [0.25, 0.3) is 0 Å². The minimum absolute atomic E-state index is 0.0993. The third-order valence-corrected chi connectivity index (χ3v) is 4.62. The summed E-state index contributed by atoms with van der Waals surface area (Å²) in [4.78, 5) is 23.7. The van der Waals surface area contributed by atoms with Gasteiger partial charge in [-0.3, -0.25) is 9.59 Å². The van der Waals surface area contributed by atoms with E-state index in [4.69, 9.17) is 9.47 Å². The topological polar surface area (TPSA) is 52.6 Å². The molecule has 132 valence electrons. The lowest BCUT2D eigenvalue weighted by Gasteiger charge is -2.12. The fourth-order valence-corrected chi connectivity index (χ4v) is 3.12. The molecule has 24 heavy (non-hydrogen) atoms. The molecule has 0 aliphatic carbocycles. The van der Waals surface area contributed by atoms with Gasteiger partial charge in [-0.15, -0.1) is 0 Å². The fourth-order valence-electron chi connectivity index (χ4n) is 3.12. The molecule has 0 bridgehead atoms. The molecule has 0 amide bonds. The van der Waals surface area contributed by atoms with Gasteiger partial charge >= 0.3 is 0 Å². The van der Waals surface area contributed by atoms with E-state index in [0.717, 1.165) is 43.6 Å². The Morgan fingerprint density at radius 3 is 2.33 bits per heavy atom. The molecule has 2 rings (SSSR count). The highest BCUT2D eigenvalue weighted by Crippen LogP contribution is 2.32. The zero-order valence-corrected chi connectivity index (χ0v) is 14.8. The van der Waals surface area contributed by atoms with Crippen LogP contribution in [0.15, 0.2) is 18.2 Å². The number of rotatable bonds is 11. The van der Waals surface area contributed by atoms with E-state index in [1.807, 2.05) is 19.9 Å². The molecule has 1 aliphatic heterocycles. The second kappa shape index (κ2) is 9.45. The first-order chi connectivity index (χ1) is 11.7. The molecule has 0 saturated carbocycles. The molecule has 0 radical (unpaired) electrons. The van der Waals surface area contributed by atoms with Crippen molar-refractivity contribution in [1.82, 2.24) is 0 Å².